The smallest absolute Gasteiger partial charge is 0.269 e. The van der Waals surface area contributed by atoms with Crippen molar-refractivity contribution < 1.29 is 9.13 Å². The number of hydrogen-bond donors (Lipinski definition) is 0. The van der Waals surface area contributed by atoms with Crippen molar-refractivity contribution in [2.24, 2.45) is 0 Å². The van der Waals surface area contributed by atoms with E-state index in [0.717, 1.165) is 37.0 Å². The van der Waals surface area contributed by atoms with E-state index in [1.54, 1.807) is 18.2 Å². The maximum absolute atomic E-state index is 14.7. The SMILES string of the molecule is N#CC(C#N)=c1s/c(=C\c2cccc(OC3CC3)c2F)c(=O)n1C1CC1. The lowest BCUT2D eigenvalue weighted by Gasteiger charge is -2.06. The highest BCUT2D eigenvalue weighted by molar-refractivity contribution is 7.07. The fraction of sp³-hybridized carbons (Fsp3) is 0.316. The van der Waals surface area contributed by atoms with Gasteiger partial charge in [0.25, 0.3) is 5.56 Å². The van der Waals surface area contributed by atoms with E-state index in [9.17, 15) is 9.18 Å². The van der Waals surface area contributed by atoms with Gasteiger partial charge in [-0.2, -0.15) is 10.5 Å². The van der Waals surface area contributed by atoms with E-state index < -0.39 is 5.82 Å². The van der Waals surface area contributed by atoms with Gasteiger partial charge < -0.3 is 4.74 Å². The van der Waals surface area contributed by atoms with Gasteiger partial charge in [-0.05, 0) is 37.8 Å². The van der Waals surface area contributed by atoms with Crippen LogP contribution in [0.1, 0.15) is 37.3 Å². The number of hydrogen-bond acceptors (Lipinski definition) is 5. The van der Waals surface area contributed by atoms with Gasteiger partial charge in [-0.1, -0.05) is 12.1 Å². The fourth-order valence-electron chi connectivity index (χ4n) is 2.69. The van der Waals surface area contributed by atoms with Crippen molar-refractivity contribution in [2.45, 2.75) is 37.8 Å². The van der Waals surface area contributed by atoms with Gasteiger partial charge in [-0.25, -0.2) is 4.39 Å². The van der Waals surface area contributed by atoms with Crippen molar-refractivity contribution in [3.63, 3.8) is 0 Å². The van der Waals surface area contributed by atoms with E-state index in [1.807, 2.05) is 12.1 Å². The topological polar surface area (TPSA) is 78.8 Å². The van der Waals surface area contributed by atoms with Gasteiger partial charge in [0.2, 0.25) is 0 Å². The summed E-state index contributed by atoms with van der Waals surface area (Å²) >= 11 is 1.05. The molecule has 0 saturated heterocycles. The summed E-state index contributed by atoms with van der Waals surface area (Å²) in [6.45, 7) is 0. The lowest BCUT2D eigenvalue weighted by molar-refractivity contribution is 0.287. The summed E-state index contributed by atoms with van der Waals surface area (Å²) in [5, 5.41) is 18.3. The minimum absolute atomic E-state index is 0.0157. The Morgan fingerprint density at radius 2 is 2.00 bits per heavy atom. The summed E-state index contributed by atoms with van der Waals surface area (Å²) in [7, 11) is 0. The van der Waals surface area contributed by atoms with Crippen LogP contribution in [0.15, 0.2) is 23.0 Å². The Morgan fingerprint density at radius 1 is 1.27 bits per heavy atom. The molecule has 2 fully saturated rings. The second-order valence-corrected chi connectivity index (χ2v) is 7.43. The molecule has 1 aromatic heterocycles. The number of halogens is 1. The molecule has 5 nitrogen and oxygen atoms in total. The first-order valence-electron chi connectivity index (χ1n) is 8.35. The zero-order valence-corrected chi connectivity index (χ0v) is 14.6. The molecule has 0 aliphatic heterocycles. The molecule has 4 rings (SSSR count). The number of aromatic nitrogens is 1. The molecule has 26 heavy (non-hydrogen) atoms. The van der Waals surface area contributed by atoms with Crippen LogP contribution in [0, 0.1) is 28.5 Å². The standard InChI is InChI=1S/C19H14FN3O2S/c20-17-11(2-1-3-15(17)25-14-6-7-14)8-16-18(24)23(13-4-5-13)19(26-16)12(9-21)10-22/h1-3,8,13-14H,4-7H2/b16-8-. The number of ether oxygens (including phenoxy) is 1. The molecule has 2 aromatic rings. The van der Waals surface area contributed by atoms with Crippen molar-refractivity contribution in [3.8, 4) is 17.9 Å². The molecule has 0 unspecified atom stereocenters. The zero-order valence-electron chi connectivity index (χ0n) is 13.7. The summed E-state index contributed by atoms with van der Waals surface area (Å²) < 4.78 is 22.4. The molecule has 7 heteroatoms. The minimum Gasteiger partial charge on any atom is -0.487 e. The Morgan fingerprint density at radius 3 is 2.62 bits per heavy atom. The highest BCUT2D eigenvalue weighted by Gasteiger charge is 2.28. The average molecular weight is 367 g/mol. The quantitative estimate of drug-likeness (QED) is 0.827. The van der Waals surface area contributed by atoms with Crippen LogP contribution in [0.25, 0.3) is 11.6 Å². The van der Waals surface area contributed by atoms with Gasteiger partial charge in [0.15, 0.2) is 17.1 Å². The van der Waals surface area contributed by atoms with Crippen LogP contribution in [-0.2, 0) is 0 Å². The second kappa shape index (κ2) is 6.44. The van der Waals surface area contributed by atoms with Crippen molar-refractivity contribution in [1.29, 1.82) is 10.5 Å². The van der Waals surface area contributed by atoms with Crippen LogP contribution in [-0.4, -0.2) is 10.7 Å². The minimum atomic E-state index is -0.503. The Bertz CT molecular complexity index is 1130. The van der Waals surface area contributed by atoms with Gasteiger partial charge in [0, 0.05) is 11.6 Å². The van der Waals surface area contributed by atoms with E-state index in [0.29, 0.717) is 9.20 Å². The third kappa shape index (κ3) is 3.02. The molecule has 0 radical (unpaired) electrons. The lowest BCUT2D eigenvalue weighted by atomic mass is 10.2. The molecule has 130 valence electrons. The van der Waals surface area contributed by atoms with E-state index >= 15 is 0 Å². The van der Waals surface area contributed by atoms with E-state index in [2.05, 4.69) is 0 Å². The predicted molar refractivity (Wildman–Crippen MR) is 94.4 cm³/mol. The van der Waals surface area contributed by atoms with Crippen molar-refractivity contribution in [3.05, 3.63) is 49.1 Å². The normalized spacial score (nSPS) is 16.8. The summed E-state index contributed by atoms with van der Waals surface area (Å²) in [6, 6.07) is 8.54. The third-order valence-corrected chi connectivity index (χ3v) is 5.41. The molecule has 2 aliphatic carbocycles. The summed E-state index contributed by atoms with van der Waals surface area (Å²) in [5.74, 6) is -0.321. The van der Waals surface area contributed by atoms with Crippen LogP contribution in [0.3, 0.4) is 0 Å². The zero-order chi connectivity index (χ0) is 18.3. The summed E-state index contributed by atoms with van der Waals surface area (Å²) in [5.41, 5.74) is -0.125. The second-order valence-electron chi connectivity index (χ2n) is 6.40. The van der Waals surface area contributed by atoms with Gasteiger partial charge in [-0.15, -0.1) is 11.3 Å². The molecule has 2 aliphatic rings. The number of benzene rings is 1. The Hall–Kier alpha value is -2.90. The number of nitriles is 2. The molecule has 0 N–H and O–H groups in total. The molecule has 0 amide bonds. The highest BCUT2D eigenvalue weighted by atomic mass is 32.1. The van der Waals surface area contributed by atoms with Gasteiger partial charge >= 0.3 is 0 Å². The van der Waals surface area contributed by atoms with Crippen LogP contribution < -0.4 is 19.5 Å². The summed E-state index contributed by atoms with van der Waals surface area (Å²) in [4.78, 5) is 12.8. The molecule has 0 spiro atoms. The van der Waals surface area contributed by atoms with Crippen LogP contribution in [0.2, 0.25) is 0 Å². The molecule has 0 bridgehead atoms. The van der Waals surface area contributed by atoms with Crippen molar-refractivity contribution in [1.82, 2.24) is 4.57 Å². The van der Waals surface area contributed by atoms with E-state index in [4.69, 9.17) is 15.3 Å². The first kappa shape index (κ1) is 16.6. The van der Waals surface area contributed by atoms with Gasteiger partial charge in [0.05, 0.1) is 10.6 Å². The van der Waals surface area contributed by atoms with Crippen LogP contribution >= 0.6 is 11.3 Å². The monoisotopic (exact) mass is 367 g/mol. The van der Waals surface area contributed by atoms with Crippen LogP contribution in [0.4, 0.5) is 4.39 Å². The Labute approximate surface area is 152 Å². The first-order chi connectivity index (χ1) is 12.6. The highest BCUT2D eigenvalue weighted by Crippen LogP contribution is 2.32. The molecule has 1 aromatic carbocycles. The molecule has 1 heterocycles. The van der Waals surface area contributed by atoms with Gasteiger partial charge in [0.1, 0.15) is 16.8 Å². The fourth-order valence-corrected chi connectivity index (χ4v) is 3.80. The summed E-state index contributed by atoms with van der Waals surface area (Å²) in [6.07, 6.45) is 5.07. The number of nitrogens with zero attached hydrogens (tertiary/aromatic N) is 3. The third-order valence-electron chi connectivity index (χ3n) is 4.30. The number of thiazole rings is 1. The maximum Gasteiger partial charge on any atom is 0.269 e. The first-order valence-corrected chi connectivity index (χ1v) is 9.16. The van der Waals surface area contributed by atoms with Crippen molar-refractivity contribution >= 4 is 23.0 Å². The number of rotatable bonds is 4. The Balaban J connectivity index is 1.88. The molecular weight excluding hydrogens is 353 g/mol. The maximum atomic E-state index is 14.7. The predicted octanol–water partition coefficient (Wildman–Crippen LogP) is 1.95. The lowest BCUT2D eigenvalue weighted by Crippen LogP contribution is -2.31. The molecule has 0 atom stereocenters. The molecule has 2 saturated carbocycles. The van der Waals surface area contributed by atoms with E-state index in [-0.39, 0.29) is 34.6 Å². The van der Waals surface area contributed by atoms with Crippen LogP contribution in [0.5, 0.6) is 5.75 Å². The van der Waals surface area contributed by atoms with Gasteiger partial charge in [-0.3, -0.25) is 9.36 Å². The largest absolute Gasteiger partial charge is 0.487 e. The molecular formula is C19H14FN3O2S. The Kier molecular flexibility index (Phi) is 4.10. The van der Waals surface area contributed by atoms with E-state index in [1.165, 1.54) is 10.6 Å². The average Bonchev–Trinajstić information content (AvgIpc) is 3.54. The van der Waals surface area contributed by atoms with Crippen molar-refractivity contribution in [2.75, 3.05) is 0 Å².